The highest BCUT2D eigenvalue weighted by atomic mass is 16.5. The molecule has 1 aliphatic carbocycles. The van der Waals surface area contributed by atoms with E-state index in [-0.39, 0.29) is 6.04 Å². The summed E-state index contributed by atoms with van der Waals surface area (Å²) in [7, 11) is 0. The Kier molecular flexibility index (Phi) is 8.94. The molecule has 0 unspecified atom stereocenters. The molecule has 0 saturated heterocycles. The Morgan fingerprint density at radius 1 is 1.07 bits per heavy atom. The van der Waals surface area contributed by atoms with Crippen molar-refractivity contribution < 1.29 is 28.7 Å². The number of benzene rings is 1. The second-order valence-corrected chi connectivity index (χ2v) is 6.63. The summed E-state index contributed by atoms with van der Waals surface area (Å²) in [6.07, 6.45) is 5.04. The van der Waals surface area contributed by atoms with Crippen molar-refractivity contribution in [1.82, 2.24) is 16.0 Å². The highest BCUT2D eigenvalue weighted by Crippen LogP contribution is 2.18. The Balaban J connectivity index is 1.68. The molecule has 3 N–H and O–H groups in total. The van der Waals surface area contributed by atoms with E-state index in [9.17, 15) is 19.2 Å². The zero-order chi connectivity index (χ0) is 21.1. The molecule has 0 aromatic heterocycles. The van der Waals surface area contributed by atoms with E-state index >= 15 is 0 Å². The Bertz CT molecular complexity index is 731. The van der Waals surface area contributed by atoms with Crippen LogP contribution in [0, 0.1) is 0 Å². The van der Waals surface area contributed by atoms with Gasteiger partial charge in [-0.1, -0.05) is 31.4 Å². The van der Waals surface area contributed by atoms with Crippen molar-refractivity contribution >= 4 is 23.8 Å². The van der Waals surface area contributed by atoms with Crippen LogP contribution >= 0.6 is 0 Å². The zero-order valence-corrected chi connectivity index (χ0v) is 16.5. The molecule has 0 heterocycles. The Morgan fingerprint density at radius 2 is 1.79 bits per heavy atom. The van der Waals surface area contributed by atoms with Crippen LogP contribution in [0.15, 0.2) is 24.3 Å². The number of carbonyl (C=O) groups is 4. The molecule has 158 valence electrons. The first-order valence-electron chi connectivity index (χ1n) is 9.75. The molecule has 9 heteroatoms. The molecule has 0 aliphatic heterocycles. The number of ether oxygens (including phenoxy) is 2. The lowest BCUT2D eigenvalue weighted by Crippen LogP contribution is -2.46. The number of amides is 4. The fourth-order valence-corrected chi connectivity index (χ4v) is 3.01. The minimum atomic E-state index is -0.796. The molecule has 0 bridgehead atoms. The summed E-state index contributed by atoms with van der Waals surface area (Å²) in [6.45, 7) is 1.17. The Labute approximate surface area is 169 Å². The average molecular weight is 405 g/mol. The molecule has 29 heavy (non-hydrogen) atoms. The molecule has 0 radical (unpaired) electrons. The third-order valence-corrected chi connectivity index (χ3v) is 4.38. The maximum absolute atomic E-state index is 12.2. The highest BCUT2D eigenvalue weighted by molar-refractivity contribution is 5.99. The van der Waals surface area contributed by atoms with Gasteiger partial charge in [0.15, 0.2) is 6.61 Å². The van der Waals surface area contributed by atoms with Crippen molar-refractivity contribution in [3.8, 4) is 5.75 Å². The number of hydrogen-bond donors (Lipinski definition) is 3. The van der Waals surface area contributed by atoms with Gasteiger partial charge in [-0.25, -0.2) is 4.79 Å². The number of carbonyl (C=O) groups excluding carboxylic acids is 4. The van der Waals surface area contributed by atoms with E-state index in [1.807, 2.05) is 0 Å². The van der Waals surface area contributed by atoms with Crippen LogP contribution in [0.1, 0.15) is 49.4 Å². The van der Waals surface area contributed by atoms with E-state index in [4.69, 9.17) is 9.47 Å². The highest BCUT2D eigenvalue weighted by Gasteiger charge is 2.18. The standard InChI is InChI=1S/C20H27N3O6/c1-2-28-16-11-7-6-10-15(16)19(26)21-12-18(25)29-13-17(24)23-20(27)22-14-8-4-3-5-9-14/h6-7,10-11,14H,2-5,8-9,12-13H2,1H3,(H,21,26)(H2,22,23,24,27). The first kappa shape index (κ1) is 22.2. The lowest BCUT2D eigenvalue weighted by atomic mass is 9.96. The van der Waals surface area contributed by atoms with Crippen molar-refractivity contribution in [3.05, 3.63) is 29.8 Å². The van der Waals surface area contributed by atoms with Crippen LogP contribution in [0.2, 0.25) is 0 Å². The van der Waals surface area contributed by atoms with Crippen LogP contribution in [0.5, 0.6) is 5.75 Å². The monoisotopic (exact) mass is 405 g/mol. The second kappa shape index (κ2) is 11.7. The molecule has 1 fully saturated rings. The number of hydrogen-bond acceptors (Lipinski definition) is 6. The van der Waals surface area contributed by atoms with Crippen molar-refractivity contribution in [2.45, 2.75) is 45.1 Å². The smallest absolute Gasteiger partial charge is 0.325 e. The van der Waals surface area contributed by atoms with Gasteiger partial charge in [-0.15, -0.1) is 0 Å². The minimum absolute atomic E-state index is 0.0638. The molecule has 9 nitrogen and oxygen atoms in total. The first-order valence-corrected chi connectivity index (χ1v) is 9.75. The van der Waals surface area contributed by atoms with Gasteiger partial charge in [0.1, 0.15) is 12.3 Å². The van der Waals surface area contributed by atoms with E-state index in [0.717, 1.165) is 32.1 Å². The van der Waals surface area contributed by atoms with Crippen molar-refractivity contribution in [2.24, 2.45) is 0 Å². The van der Waals surface area contributed by atoms with Crippen LogP contribution in [-0.4, -0.2) is 49.6 Å². The molecule has 1 aromatic carbocycles. The maximum atomic E-state index is 12.2. The second-order valence-electron chi connectivity index (χ2n) is 6.63. The number of urea groups is 1. The normalized spacial score (nSPS) is 13.8. The van der Waals surface area contributed by atoms with Gasteiger partial charge in [-0.3, -0.25) is 19.7 Å². The third-order valence-electron chi connectivity index (χ3n) is 4.38. The van der Waals surface area contributed by atoms with Crippen LogP contribution in [0.3, 0.4) is 0 Å². The van der Waals surface area contributed by atoms with Gasteiger partial charge in [0.05, 0.1) is 12.2 Å². The van der Waals surface area contributed by atoms with Crippen molar-refractivity contribution in [1.29, 1.82) is 0 Å². The van der Waals surface area contributed by atoms with Crippen molar-refractivity contribution in [3.63, 3.8) is 0 Å². The summed E-state index contributed by atoms with van der Waals surface area (Å²) in [4.78, 5) is 47.4. The van der Waals surface area contributed by atoms with Gasteiger partial charge in [0, 0.05) is 6.04 Å². The predicted molar refractivity (Wildman–Crippen MR) is 104 cm³/mol. The largest absolute Gasteiger partial charge is 0.493 e. The molecule has 1 saturated carbocycles. The van der Waals surface area contributed by atoms with Crippen LogP contribution in [0.4, 0.5) is 4.79 Å². The Morgan fingerprint density at radius 3 is 2.52 bits per heavy atom. The molecule has 1 aliphatic rings. The van der Waals surface area contributed by atoms with Crippen molar-refractivity contribution in [2.75, 3.05) is 19.8 Å². The number of rotatable bonds is 8. The fraction of sp³-hybridized carbons (Fsp3) is 0.500. The van der Waals surface area contributed by atoms with Crippen LogP contribution in [-0.2, 0) is 14.3 Å². The summed E-state index contributed by atoms with van der Waals surface area (Å²) >= 11 is 0. The SMILES string of the molecule is CCOc1ccccc1C(=O)NCC(=O)OCC(=O)NC(=O)NC1CCCCC1. The van der Waals surface area contributed by atoms with E-state index in [2.05, 4.69) is 16.0 Å². The van der Waals surface area contributed by atoms with Gasteiger partial charge < -0.3 is 20.1 Å². The number of imide groups is 1. The molecule has 0 spiro atoms. The molecule has 0 atom stereocenters. The van der Waals surface area contributed by atoms with Gasteiger partial charge in [-0.05, 0) is 31.9 Å². The Hall–Kier alpha value is -3.10. The van der Waals surface area contributed by atoms with Crippen LogP contribution in [0.25, 0.3) is 0 Å². The van der Waals surface area contributed by atoms with E-state index in [1.165, 1.54) is 0 Å². The summed E-state index contributed by atoms with van der Waals surface area (Å²) in [5.74, 6) is -1.62. The lowest BCUT2D eigenvalue weighted by Gasteiger charge is -2.22. The quantitative estimate of drug-likeness (QED) is 0.564. The van der Waals surface area contributed by atoms with Gasteiger partial charge in [0.25, 0.3) is 11.8 Å². The zero-order valence-electron chi connectivity index (χ0n) is 16.5. The number of nitrogens with one attached hydrogen (secondary N) is 3. The summed E-state index contributed by atoms with van der Waals surface area (Å²) in [5.41, 5.74) is 0.291. The van der Waals surface area contributed by atoms with Crippen LogP contribution < -0.4 is 20.7 Å². The first-order chi connectivity index (χ1) is 14.0. The number of para-hydroxylation sites is 1. The predicted octanol–water partition coefficient (Wildman–Crippen LogP) is 1.52. The fourth-order valence-electron chi connectivity index (χ4n) is 3.01. The maximum Gasteiger partial charge on any atom is 0.325 e. The van der Waals surface area contributed by atoms with E-state index in [0.29, 0.717) is 17.9 Å². The third kappa shape index (κ3) is 7.81. The molecular weight excluding hydrogens is 378 g/mol. The van der Waals surface area contributed by atoms with Gasteiger partial charge in [0.2, 0.25) is 0 Å². The number of esters is 1. The summed E-state index contributed by atoms with van der Waals surface area (Å²) in [5, 5.41) is 7.27. The molecule has 4 amide bonds. The van der Waals surface area contributed by atoms with Gasteiger partial charge >= 0.3 is 12.0 Å². The average Bonchev–Trinajstić information content (AvgIpc) is 2.71. The topological polar surface area (TPSA) is 123 Å². The molecule has 2 rings (SSSR count). The molecule has 1 aromatic rings. The lowest BCUT2D eigenvalue weighted by molar-refractivity contribution is -0.147. The van der Waals surface area contributed by atoms with Gasteiger partial charge in [-0.2, -0.15) is 0 Å². The minimum Gasteiger partial charge on any atom is -0.493 e. The summed E-state index contributed by atoms with van der Waals surface area (Å²) < 4.78 is 10.1. The van der Waals surface area contributed by atoms with E-state index < -0.39 is 37.0 Å². The summed E-state index contributed by atoms with van der Waals surface area (Å²) in [6, 6.07) is 6.11. The molecular formula is C20H27N3O6. The van der Waals surface area contributed by atoms with E-state index in [1.54, 1.807) is 31.2 Å².